The van der Waals surface area contributed by atoms with Crippen molar-refractivity contribution in [2.24, 2.45) is 5.14 Å². The molecule has 0 aromatic heterocycles. The predicted molar refractivity (Wildman–Crippen MR) is 87.5 cm³/mol. The molecule has 0 radical (unpaired) electrons. The zero-order valence-electron chi connectivity index (χ0n) is 13.1. The van der Waals surface area contributed by atoms with Crippen molar-refractivity contribution in [3.63, 3.8) is 0 Å². The lowest BCUT2D eigenvalue weighted by atomic mass is 10.1. The number of amides is 1. The minimum Gasteiger partial charge on any atom is -0.337 e. The van der Waals surface area contributed by atoms with E-state index in [4.69, 9.17) is 5.14 Å². The van der Waals surface area contributed by atoms with Crippen molar-refractivity contribution in [1.82, 2.24) is 9.80 Å². The van der Waals surface area contributed by atoms with Crippen molar-refractivity contribution in [1.29, 1.82) is 0 Å². The van der Waals surface area contributed by atoms with Gasteiger partial charge < -0.3 is 4.90 Å². The molecule has 1 aromatic carbocycles. The molecule has 1 aromatic rings. The van der Waals surface area contributed by atoms with Crippen LogP contribution in [0.4, 0.5) is 0 Å². The number of hydrogen-bond donors (Lipinski definition) is 1. The average Bonchev–Trinajstić information content (AvgIpc) is 3.04. The first kappa shape index (κ1) is 16.4. The average molecular weight is 337 g/mol. The Morgan fingerprint density at radius 1 is 1.04 bits per heavy atom. The number of sulfonamides is 1. The number of benzene rings is 1. The lowest BCUT2D eigenvalue weighted by Gasteiger charge is -2.32. The fourth-order valence-electron chi connectivity index (χ4n) is 3.48. The van der Waals surface area contributed by atoms with Gasteiger partial charge in [0.25, 0.3) is 5.91 Å². The van der Waals surface area contributed by atoms with E-state index in [0.29, 0.717) is 11.6 Å². The van der Waals surface area contributed by atoms with Gasteiger partial charge in [0.2, 0.25) is 10.0 Å². The Hall–Kier alpha value is -1.44. The summed E-state index contributed by atoms with van der Waals surface area (Å²) in [4.78, 5) is 17.0. The van der Waals surface area contributed by atoms with Crippen LogP contribution in [0.5, 0.6) is 0 Å². The summed E-state index contributed by atoms with van der Waals surface area (Å²) in [5.74, 6) is -0.0366. The van der Waals surface area contributed by atoms with Crippen LogP contribution >= 0.6 is 0 Å². The van der Waals surface area contributed by atoms with Gasteiger partial charge in [-0.3, -0.25) is 9.69 Å². The van der Waals surface area contributed by atoms with Gasteiger partial charge in [0.15, 0.2) is 0 Å². The number of piperidine rings is 1. The van der Waals surface area contributed by atoms with Crippen molar-refractivity contribution >= 4 is 15.9 Å². The summed E-state index contributed by atoms with van der Waals surface area (Å²) in [7, 11) is -3.72. The third-order valence-corrected chi connectivity index (χ3v) is 5.72. The van der Waals surface area contributed by atoms with Crippen molar-refractivity contribution in [3.05, 3.63) is 29.8 Å². The summed E-state index contributed by atoms with van der Waals surface area (Å²) in [5, 5.41) is 5.08. The maximum absolute atomic E-state index is 12.6. The van der Waals surface area contributed by atoms with Gasteiger partial charge in [0.1, 0.15) is 0 Å². The lowest BCUT2D eigenvalue weighted by molar-refractivity contribution is 0.0771. The van der Waals surface area contributed by atoms with Crippen LogP contribution in [0.3, 0.4) is 0 Å². The topological polar surface area (TPSA) is 83.7 Å². The van der Waals surface area contributed by atoms with Crippen LogP contribution in [0.25, 0.3) is 0 Å². The highest BCUT2D eigenvalue weighted by molar-refractivity contribution is 7.89. The molecular formula is C16H23N3O3S. The Balaban J connectivity index is 1.64. The van der Waals surface area contributed by atoms with Crippen LogP contribution in [-0.4, -0.2) is 56.3 Å². The largest absolute Gasteiger partial charge is 0.337 e. The second-order valence-corrected chi connectivity index (χ2v) is 7.92. The van der Waals surface area contributed by atoms with E-state index in [-0.39, 0.29) is 10.8 Å². The Bertz CT molecular complexity index is 666. The van der Waals surface area contributed by atoms with Gasteiger partial charge in [-0.1, -0.05) is 6.42 Å². The summed E-state index contributed by atoms with van der Waals surface area (Å²) < 4.78 is 22.5. The Kier molecular flexibility index (Phi) is 4.70. The van der Waals surface area contributed by atoms with Crippen LogP contribution in [0.15, 0.2) is 29.2 Å². The summed E-state index contributed by atoms with van der Waals surface area (Å²) in [5.41, 5.74) is 0.511. The molecular weight excluding hydrogens is 314 g/mol. The molecule has 0 saturated carbocycles. The zero-order valence-corrected chi connectivity index (χ0v) is 14.0. The first-order chi connectivity index (χ1) is 10.9. The second-order valence-electron chi connectivity index (χ2n) is 6.36. The smallest absolute Gasteiger partial charge is 0.253 e. The van der Waals surface area contributed by atoms with Gasteiger partial charge in [-0.15, -0.1) is 0 Å². The van der Waals surface area contributed by atoms with Crippen molar-refractivity contribution in [3.8, 4) is 0 Å². The minimum atomic E-state index is -3.72. The predicted octanol–water partition coefficient (Wildman–Crippen LogP) is 1.03. The van der Waals surface area contributed by atoms with E-state index in [1.54, 1.807) is 0 Å². The Morgan fingerprint density at radius 2 is 1.70 bits per heavy atom. The van der Waals surface area contributed by atoms with Crippen LogP contribution in [0.2, 0.25) is 0 Å². The van der Waals surface area contributed by atoms with E-state index >= 15 is 0 Å². The number of hydrogen-bond acceptors (Lipinski definition) is 4. The van der Waals surface area contributed by atoms with Gasteiger partial charge in [0.05, 0.1) is 4.90 Å². The molecule has 2 saturated heterocycles. The number of carbonyl (C=O) groups is 1. The lowest BCUT2D eigenvalue weighted by Crippen LogP contribution is -2.41. The molecule has 0 bridgehead atoms. The number of nitrogens with two attached hydrogens (primary N) is 1. The molecule has 2 heterocycles. The maximum Gasteiger partial charge on any atom is 0.253 e. The van der Waals surface area contributed by atoms with E-state index in [1.807, 2.05) is 4.90 Å². The van der Waals surface area contributed by atoms with Gasteiger partial charge >= 0.3 is 0 Å². The highest BCUT2D eigenvalue weighted by atomic mass is 32.2. The normalized spacial score (nSPS) is 23.2. The van der Waals surface area contributed by atoms with Gasteiger partial charge in [-0.25, -0.2) is 13.6 Å². The van der Waals surface area contributed by atoms with Gasteiger partial charge in [0, 0.05) is 24.7 Å². The number of nitrogens with zero attached hydrogens (tertiary/aromatic N) is 2. The molecule has 6 nitrogen and oxygen atoms in total. The quantitative estimate of drug-likeness (QED) is 0.893. The first-order valence-electron chi connectivity index (χ1n) is 8.11. The first-order valence-corrected chi connectivity index (χ1v) is 9.66. The zero-order chi connectivity index (χ0) is 16.4. The van der Waals surface area contributed by atoms with Crippen molar-refractivity contribution in [2.45, 2.75) is 36.6 Å². The molecule has 1 amide bonds. The molecule has 2 fully saturated rings. The molecule has 1 atom stereocenters. The van der Waals surface area contributed by atoms with E-state index in [9.17, 15) is 13.2 Å². The molecule has 2 N–H and O–H groups in total. The van der Waals surface area contributed by atoms with Crippen LogP contribution < -0.4 is 5.14 Å². The second kappa shape index (κ2) is 6.59. The minimum absolute atomic E-state index is 0.0293. The van der Waals surface area contributed by atoms with E-state index < -0.39 is 10.0 Å². The van der Waals surface area contributed by atoms with Gasteiger partial charge in [-0.2, -0.15) is 0 Å². The molecule has 3 rings (SSSR count). The number of likely N-dealkylation sites (tertiary alicyclic amines) is 2. The standard InChI is InChI=1S/C16H23N3O3S/c17-23(21,22)15-6-4-13(5-7-15)16(20)19-11-8-14(12-19)18-9-2-1-3-10-18/h4-7,14H,1-3,8-12H2,(H2,17,21,22)/t14-/m1/s1. The SMILES string of the molecule is NS(=O)(=O)c1ccc(C(=O)N2CC[C@@H](N3CCCCC3)C2)cc1. The number of rotatable bonds is 3. The Morgan fingerprint density at radius 3 is 2.30 bits per heavy atom. The monoisotopic (exact) mass is 337 g/mol. The summed E-state index contributed by atoms with van der Waals surface area (Å²) >= 11 is 0. The van der Waals surface area contributed by atoms with Crippen LogP contribution in [0.1, 0.15) is 36.0 Å². The molecule has 0 aliphatic carbocycles. The number of carbonyl (C=O) groups excluding carboxylic acids is 1. The molecule has 0 unspecified atom stereocenters. The van der Waals surface area contributed by atoms with Crippen molar-refractivity contribution in [2.75, 3.05) is 26.2 Å². The molecule has 2 aliphatic rings. The summed E-state index contributed by atoms with van der Waals surface area (Å²) in [6, 6.07) is 6.32. The van der Waals surface area contributed by atoms with Crippen LogP contribution in [-0.2, 0) is 10.0 Å². The third-order valence-electron chi connectivity index (χ3n) is 4.79. The highest BCUT2D eigenvalue weighted by Crippen LogP contribution is 2.22. The summed E-state index contributed by atoms with van der Waals surface area (Å²) in [6.45, 7) is 3.79. The molecule has 126 valence electrons. The molecule has 7 heteroatoms. The fraction of sp³-hybridized carbons (Fsp3) is 0.562. The molecule has 0 spiro atoms. The van der Waals surface area contributed by atoms with E-state index in [2.05, 4.69) is 4.90 Å². The third kappa shape index (κ3) is 3.73. The molecule has 2 aliphatic heterocycles. The Labute approximate surface area is 137 Å². The highest BCUT2D eigenvalue weighted by Gasteiger charge is 2.31. The maximum atomic E-state index is 12.6. The van der Waals surface area contributed by atoms with E-state index in [1.165, 1.54) is 43.5 Å². The fourth-order valence-corrected chi connectivity index (χ4v) is 3.99. The van der Waals surface area contributed by atoms with Crippen LogP contribution in [0, 0.1) is 0 Å². The van der Waals surface area contributed by atoms with E-state index in [0.717, 1.165) is 32.6 Å². The summed E-state index contributed by atoms with van der Waals surface area (Å²) in [6.07, 6.45) is 4.82. The van der Waals surface area contributed by atoms with Gasteiger partial charge in [-0.05, 0) is 56.6 Å². The number of primary sulfonamides is 1. The molecule has 23 heavy (non-hydrogen) atoms. The van der Waals surface area contributed by atoms with Crippen molar-refractivity contribution < 1.29 is 13.2 Å².